The minimum absolute atomic E-state index is 0. The Morgan fingerprint density at radius 2 is 1.80 bits per heavy atom. The van der Waals surface area contributed by atoms with E-state index in [0.29, 0.717) is 43.0 Å². The van der Waals surface area contributed by atoms with Crippen LogP contribution in [0.5, 0.6) is 0 Å². The Hall–Kier alpha value is -1.21. The Balaban J connectivity index is 0.00000320. The summed E-state index contributed by atoms with van der Waals surface area (Å²) in [6.45, 7) is 6.19. The van der Waals surface area contributed by atoms with E-state index in [2.05, 4.69) is 42.4 Å². The largest absolute Gasteiger partial charge is 0.379 e. The number of anilines is 1. The van der Waals surface area contributed by atoms with Crippen molar-refractivity contribution >= 4 is 57.0 Å². The molecule has 1 aliphatic heterocycles. The molecule has 0 aliphatic carbocycles. The number of hydrogen-bond acceptors (Lipinski definition) is 5. The van der Waals surface area contributed by atoms with E-state index >= 15 is 0 Å². The maximum Gasteiger partial charge on any atom is 0.252 e. The number of aryl methyl sites for hydroxylation is 2. The molecule has 166 valence electrons. The molecule has 0 saturated carbocycles. The summed E-state index contributed by atoms with van der Waals surface area (Å²) in [5.74, 6) is 0.326. The molecule has 30 heavy (non-hydrogen) atoms. The van der Waals surface area contributed by atoms with Gasteiger partial charge in [-0.15, -0.1) is 35.3 Å². The second kappa shape index (κ2) is 11.4. The van der Waals surface area contributed by atoms with Crippen LogP contribution >= 0.6 is 35.3 Å². The molecule has 2 heterocycles. The Morgan fingerprint density at radius 1 is 1.17 bits per heavy atom. The first-order valence-electron chi connectivity index (χ1n) is 9.80. The highest BCUT2D eigenvalue weighted by Crippen LogP contribution is 2.26. The van der Waals surface area contributed by atoms with Gasteiger partial charge in [-0.25, -0.2) is 13.4 Å². The van der Waals surface area contributed by atoms with Crippen LogP contribution in [-0.4, -0.2) is 45.0 Å². The number of ether oxygens (including phenoxy) is 1. The molecular formula is C20H29IN4O3S2. The molecule has 3 N–H and O–H groups in total. The van der Waals surface area contributed by atoms with Gasteiger partial charge >= 0.3 is 0 Å². The highest BCUT2D eigenvalue weighted by Gasteiger charge is 2.27. The SMILES string of the molecule is CCc1cccc(CC)c1NC(N)=NCc1ccc(S(=O)(=O)N2CCOCC2)s1.I. The molecular weight excluding hydrogens is 535 g/mol. The number of aliphatic imine (C=N–C) groups is 1. The van der Waals surface area contributed by atoms with E-state index in [1.165, 1.54) is 26.8 Å². The van der Waals surface area contributed by atoms with Crippen LogP contribution in [0.2, 0.25) is 0 Å². The number of benzene rings is 1. The van der Waals surface area contributed by atoms with Crippen molar-refractivity contribution in [3.05, 3.63) is 46.3 Å². The van der Waals surface area contributed by atoms with E-state index in [0.717, 1.165) is 23.4 Å². The molecule has 1 saturated heterocycles. The minimum Gasteiger partial charge on any atom is -0.379 e. The highest BCUT2D eigenvalue weighted by molar-refractivity contribution is 14.0. The zero-order chi connectivity index (χ0) is 20.9. The van der Waals surface area contributed by atoms with Crippen molar-refractivity contribution in [1.82, 2.24) is 4.31 Å². The third-order valence-corrected chi connectivity index (χ3v) is 8.29. The zero-order valence-electron chi connectivity index (χ0n) is 17.3. The molecule has 10 heteroatoms. The maximum absolute atomic E-state index is 12.7. The molecule has 0 bridgehead atoms. The zero-order valence-corrected chi connectivity index (χ0v) is 21.2. The lowest BCUT2D eigenvalue weighted by atomic mass is 10.0. The fourth-order valence-electron chi connectivity index (χ4n) is 3.23. The van der Waals surface area contributed by atoms with Crippen LogP contribution < -0.4 is 11.1 Å². The molecule has 0 spiro atoms. The van der Waals surface area contributed by atoms with Gasteiger partial charge in [-0.3, -0.25) is 0 Å². The number of sulfonamides is 1. The number of thiophene rings is 1. The molecule has 0 atom stereocenters. The highest BCUT2D eigenvalue weighted by atomic mass is 127. The Kier molecular flexibility index (Phi) is 9.54. The summed E-state index contributed by atoms with van der Waals surface area (Å²) in [6, 6.07) is 9.66. The Morgan fingerprint density at radius 3 is 2.40 bits per heavy atom. The number of rotatable bonds is 7. The lowest BCUT2D eigenvalue weighted by Crippen LogP contribution is -2.40. The fraction of sp³-hybridized carbons (Fsp3) is 0.450. The fourth-order valence-corrected chi connectivity index (χ4v) is 6.07. The lowest BCUT2D eigenvalue weighted by molar-refractivity contribution is 0.0731. The summed E-state index contributed by atoms with van der Waals surface area (Å²) >= 11 is 1.24. The summed E-state index contributed by atoms with van der Waals surface area (Å²) in [4.78, 5) is 5.26. The molecule has 7 nitrogen and oxygen atoms in total. The molecule has 3 rings (SSSR count). The van der Waals surface area contributed by atoms with Gasteiger partial charge in [-0.05, 0) is 36.1 Å². The van der Waals surface area contributed by atoms with Gasteiger partial charge in [0.25, 0.3) is 10.0 Å². The first-order valence-corrected chi connectivity index (χ1v) is 12.1. The van der Waals surface area contributed by atoms with Crippen LogP contribution in [0.25, 0.3) is 0 Å². The van der Waals surface area contributed by atoms with E-state index < -0.39 is 10.0 Å². The van der Waals surface area contributed by atoms with Gasteiger partial charge in [-0.1, -0.05) is 32.0 Å². The average molecular weight is 565 g/mol. The van der Waals surface area contributed by atoms with Crippen LogP contribution in [0, 0.1) is 0 Å². The van der Waals surface area contributed by atoms with Crippen molar-refractivity contribution in [3.8, 4) is 0 Å². The van der Waals surface area contributed by atoms with E-state index in [4.69, 9.17) is 10.5 Å². The van der Waals surface area contributed by atoms with Crippen LogP contribution in [0.1, 0.15) is 29.9 Å². The summed E-state index contributed by atoms with van der Waals surface area (Å²) in [7, 11) is -3.47. The van der Waals surface area contributed by atoms with E-state index in [-0.39, 0.29) is 24.0 Å². The van der Waals surface area contributed by atoms with E-state index in [1.54, 1.807) is 12.1 Å². The van der Waals surface area contributed by atoms with Crippen molar-refractivity contribution in [3.63, 3.8) is 0 Å². The number of halogens is 1. The summed E-state index contributed by atoms with van der Waals surface area (Å²) in [6.07, 6.45) is 1.80. The Bertz CT molecular complexity index is 948. The van der Waals surface area contributed by atoms with Gasteiger partial charge < -0.3 is 15.8 Å². The first-order chi connectivity index (χ1) is 14.0. The van der Waals surface area contributed by atoms with Crippen molar-refractivity contribution in [2.24, 2.45) is 10.7 Å². The number of morpholine rings is 1. The minimum atomic E-state index is -3.47. The van der Waals surface area contributed by atoms with Crippen LogP contribution in [0.15, 0.2) is 39.5 Å². The number of hydrogen-bond donors (Lipinski definition) is 2. The van der Waals surface area contributed by atoms with Crippen LogP contribution in [0.3, 0.4) is 0 Å². The smallest absolute Gasteiger partial charge is 0.252 e. The number of nitrogens with one attached hydrogen (secondary N) is 1. The Labute approximate surface area is 199 Å². The molecule has 2 aromatic rings. The topological polar surface area (TPSA) is 97.0 Å². The molecule has 1 aromatic heterocycles. The van der Waals surface area contributed by atoms with Gasteiger partial charge in [0.2, 0.25) is 0 Å². The van der Waals surface area contributed by atoms with Gasteiger partial charge in [0.1, 0.15) is 4.21 Å². The third-order valence-electron chi connectivity index (χ3n) is 4.86. The van der Waals surface area contributed by atoms with Gasteiger partial charge in [0, 0.05) is 23.7 Å². The monoisotopic (exact) mass is 564 g/mol. The summed E-state index contributed by atoms with van der Waals surface area (Å²) < 4.78 is 32.5. The molecule has 0 unspecified atom stereocenters. The van der Waals surface area contributed by atoms with Crippen molar-refractivity contribution in [2.75, 3.05) is 31.6 Å². The van der Waals surface area contributed by atoms with E-state index in [9.17, 15) is 8.42 Å². The summed E-state index contributed by atoms with van der Waals surface area (Å²) in [5, 5.41) is 3.23. The van der Waals surface area contributed by atoms with Crippen molar-refractivity contribution in [1.29, 1.82) is 0 Å². The van der Waals surface area contributed by atoms with Crippen LogP contribution in [-0.2, 0) is 34.1 Å². The molecule has 1 aromatic carbocycles. The predicted octanol–water partition coefficient (Wildman–Crippen LogP) is 3.44. The van der Waals surface area contributed by atoms with Crippen molar-refractivity contribution < 1.29 is 13.2 Å². The third kappa shape index (κ3) is 5.94. The molecule has 1 aliphatic rings. The van der Waals surface area contributed by atoms with Crippen molar-refractivity contribution in [2.45, 2.75) is 37.4 Å². The molecule has 1 fully saturated rings. The number of nitrogens with two attached hydrogens (primary N) is 1. The average Bonchev–Trinajstić information content (AvgIpc) is 3.23. The first kappa shape index (κ1) is 25.1. The van der Waals surface area contributed by atoms with Gasteiger partial charge in [0.15, 0.2) is 5.96 Å². The van der Waals surface area contributed by atoms with Crippen LogP contribution in [0.4, 0.5) is 5.69 Å². The second-order valence-corrected chi connectivity index (χ2v) is 10.1. The normalized spacial score (nSPS) is 15.6. The number of para-hydroxylation sites is 1. The van der Waals surface area contributed by atoms with Gasteiger partial charge in [0.05, 0.1) is 19.8 Å². The summed E-state index contributed by atoms with van der Waals surface area (Å²) in [5.41, 5.74) is 9.51. The standard InChI is InChI=1S/C20H28N4O3S2.HI/c1-3-15-6-5-7-16(4-2)19(15)23-20(21)22-14-17-8-9-18(28-17)29(25,26)24-10-12-27-13-11-24;/h5-9H,3-4,10-14H2,1-2H3,(H3,21,22,23);1H. The lowest BCUT2D eigenvalue weighted by Gasteiger charge is -2.25. The maximum atomic E-state index is 12.7. The number of guanidine groups is 1. The van der Waals surface area contributed by atoms with Gasteiger partial charge in [-0.2, -0.15) is 4.31 Å². The second-order valence-electron chi connectivity index (χ2n) is 6.72. The predicted molar refractivity (Wildman–Crippen MR) is 133 cm³/mol. The quantitative estimate of drug-likeness (QED) is 0.305. The molecule has 0 radical (unpaired) electrons. The van der Waals surface area contributed by atoms with E-state index in [1.807, 2.05) is 0 Å². The molecule has 0 amide bonds. The number of nitrogens with zero attached hydrogens (tertiary/aromatic N) is 2.